The van der Waals surface area contributed by atoms with Crippen LogP contribution in [0.2, 0.25) is 25.1 Å². The summed E-state index contributed by atoms with van der Waals surface area (Å²) in [6, 6.07) is 21.5. The van der Waals surface area contributed by atoms with Gasteiger partial charge in [0.15, 0.2) is 0 Å². The van der Waals surface area contributed by atoms with Gasteiger partial charge in [-0.1, -0.05) is 64.1 Å². The Morgan fingerprint density at radius 1 is 0.540 bits per heavy atom. The van der Waals surface area contributed by atoms with Crippen LogP contribution < -0.4 is 5.73 Å². The molecule has 338 valence electrons. The second-order valence-electron chi connectivity index (χ2n) is 12.9. The third kappa shape index (κ3) is 20.1. The van der Waals surface area contributed by atoms with Crippen LogP contribution in [0.25, 0.3) is 0 Å². The molecule has 0 aliphatic heterocycles. The van der Waals surface area contributed by atoms with Crippen molar-refractivity contribution in [2.75, 3.05) is 33.9 Å². The third-order valence-electron chi connectivity index (χ3n) is 7.50. The van der Waals surface area contributed by atoms with E-state index in [0.29, 0.717) is 33.4 Å². The van der Waals surface area contributed by atoms with Gasteiger partial charge in [0, 0.05) is 78.2 Å². The smallest absolute Gasteiger partial charge is 0.337 e. The molecule has 0 aliphatic rings. The molecule has 5 rings (SSSR count). The number of non-ortho nitro benzene ring substituents is 4. The van der Waals surface area contributed by atoms with Crippen LogP contribution in [0.3, 0.4) is 0 Å². The number of alkyl halides is 1. The van der Waals surface area contributed by atoms with Crippen molar-refractivity contribution in [1.29, 1.82) is 0 Å². The second-order valence-corrected chi connectivity index (χ2v) is 15.2. The summed E-state index contributed by atoms with van der Waals surface area (Å²) >= 11 is 34.1. The van der Waals surface area contributed by atoms with Gasteiger partial charge in [0.05, 0.1) is 52.0 Å². The van der Waals surface area contributed by atoms with E-state index in [1.165, 1.54) is 42.5 Å². The van der Waals surface area contributed by atoms with Crippen LogP contribution in [0, 0.1) is 40.5 Å². The van der Waals surface area contributed by atoms with Crippen LogP contribution in [0.15, 0.2) is 91.0 Å². The summed E-state index contributed by atoms with van der Waals surface area (Å²) in [5.41, 5.74) is 9.02. The van der Waals surface area contributed by atoms with Gasteiger partial charge >= 0.3 is 5.97 Å². The van der Waals surface area contributed by atoms with Crippen LogP contribution in [-0.2, 0) is 25.6 Å². The van der Waals surface area contributed by atoms with Gasteiger partial charge in [-0.3, -0.25) is 40.5 Å². The summed E-state index contributed by atoms with van der Waals surface area (Å²) in [5.74, 6) is -0.948. The number of nitro groups is 4. The first kappa shape index (κ1) is 55.6. The second kappa shape index (κ2) is 27.6. The summed E-state index contributed by atoms with van der Waals surface area (Å²) in [7, 11) is 7.84. The Morgan fingerprint density at radius 3 is 1.14 bits per heavy atom. The number of aromatic carboxylic acids is 1. The van der Waals surface area contributed by atoms with E-state index in [2.05, 4.69) is 4.90 Å². The Balaban J connectivity index is 0.000000394. The lowest BCUT2D eigenvalue weighted by molar-refractivity contribution is -0.385. The number of anilines is 1. The summed E-state index contributed by atoms with van der Waals surface area (Å²) < 4.78 is 0. The average molecular weight is 994 g/mol. The SMILES string of the molecule is CN(C)Cc1ccc(N)cc1Cl.CN(C)Cc1ccc([N+](=O)[O-])cc1Cl.O=C(O)c1ccc([N+](=O)[O-])cc1Cl.O=[N+]([O-])c1ccc(CCl)c(Cl)c1.O=[N+]([O-])c1ccc(CO)c(Cl)c1. The number of nitrogen functional groups attached to an aromatic ring is 1. The number of carboxylic acids is 1. The fraction of sp³-hybridized carbons (Fsp3) is 0.205. The maximum atomic E-state index is 10.4. The average Bonchev–Trinajstić information content (AvgIpc) is 3.20. The first-order chi connectivity index (χ1) is 29.4. The minimum Gasteiger partial charge on any atom is -0.478 e. The fourth-order valence-electron chi connectivity index (χ4n) is 4.48. The van der Waals surface area contributed by atoms with E-state index < -0.39 is 25.7 Å². The molecule has 0 aliphatic carbocycles. The van der Waals surface area contributed by atoms with Gasteiger partial charge < -0.3 is 25.7 Å². The molecule has 0 saturated heterocycles. The highest BCUT2D eigenvalue weighted by atomic mass is 35.5. The molecule has 4 N–H and O–H groups in total. The normalized spacial score (nSPS) is 10.1. The monoisotopic (exact) mass is 991 g/mol. The molecule has 63 heavy (non-hydrogen) atoms. The summed E-state index contributed by atoms with van der Waals surface area (Å²) in [5, 5.41) is 60.0. The Morgan fingerprint density at radius 2 is 0.857 bits per heavy atom. The number of nitrogens with zero attached hydrogens (tertiary/aromatic N) is 6. The number of nitro benzene ring substituents is 4. The number of hydrogen-bond donors (Lipinski definition) is 3. The van der Waals surface area contributed by atoms with Gasteiger partial charge in [-0.15, -0.1) is 11.6 Å². The molecule has 0 aromatic heterocycles. The predicted molar refractivity (Wildman–Crippen MR) is 246 cm³/mol. The molecule has 5 aromatic carbocycles. The molecule has 0 amide bonds. The number of rotatable bonds is 11. The van der Waals surface area contributed by atoms with Crippen molar-refractivity contribution >= 4 is 104 Å². The Kier molecular flexibility index (Phi) is 24.4. The van der Waals surface area contributed by atoms with E-state index in [1.54, 1.807) is 18.2 Å². The Labute approximate surface area is 390 Å². The molecule has 0 saturated carbocycles. The van der Waals surface area contributed by atoms with Crippen molar-refractivity contribution in [2.24, 2.45) is 0 Å². The minimum atomic E-state index is -1.21. The van der Waals surface area contributed by atoms with E-state index in [0.717, 1.165) is 40.9 Å². The van der Waals surface area contributed by atoms with E-state index in [-0.39, 0.29) is 50.8 Å². The maximum absolute atomic E-state index is 10.4. The van der Waals surface area contributed by atoms with Gasteiger partial charge in [0.1, 0.15) is 0 Å². The van der Waals surface area contributed by atoms with Crippen LogP contribution in [0.4, 0.5) is 28.4 Å². The van der Waals surface area contributed by atoms with Crippen LogP contribution >= 0.6 is 69.6 Å². The van der Waals surface area contributed by atoms with Gasteiger partial charge in [0.25, 0.3) is 22.7 Å². The standard InChI is InChI=1S/C9H11ClN2O2.C9H13ClN2.C7H5Cl2NO2.C7H4ClNO4.C7H6ClNO3/c1-11(2)6-7-3-4-8(12(13)14)5-9(7)10;1-12(2)6-7-3-4-8(11)5-9(7)10;8-4-5-1-2-6(10(11)12)3-7(5)9;8-6-3-4(9(12)13)1-2-5(6)7(10)11;8-7-3-6(9(11)12)2-1-5(7)4-10/h3-5H,6H2,1-2H3;3-5H,6,11H2,1-2H3;1-3H,4H2;1-3H,(H,10,11);1-3,10H,4H2. The lowest BCUT2D eigenvalue weighted by Gasteiger charge is -2.11. The number of nitrogens with two attached hydrogens (primary N) is 1. The fourth-order valence-corrected chi connectivity index (χ4v) is 5.99. The molecule has 0 heterocycles. The third-order valence-corrected chi connectivity index (χ3v) is 9.51. The number of carboxylic acid groups (broad SMARTS) is 1. The van der Waals surface area contributed by atoms with Crippen molar-refractivity contribution in [3.05, 3.63) is 184 Å². The zero-order valence-electron chi connectivity index (χ0n) is 33.6. The van der Waals surface area contributed by atoms with Gasteiger partial charge in [0.2, 0.25) is 0 Å². The molecule has 24 heteroatoms. The predicted octanol–water partition coefficient (Wildman–Crippen LogP) is 11.0. The zero-order chi connectivity index (χ0) is 48.1. The molecule has 0 bridgehead atoms. The number of hydrogen-bond acceptors (Lipinski definition) is 13. The van der Waals surface area contributed by atoms with Crippen LogP contribution in [0.5, 0.6) is 0 Å². The number of aliphatic hydroxyl groups is 1. The molecule has 0 unspecified atom stereocenters. The largest absolute Gasteiger partial charge is 0.478 e. The quantitative estimate of drug-likeness (QED) is 0.0481. The van der Waals surface area contributed by atoms with Gasteiger partial charge in [-0.2, -0.15) is 0 Å². The van der Waals surface area contributed by atoms with E-state index in [1.807, 2.05) is 45.2 Å². The molecule has 0 radical (unpaired) electrons. The van der Waals surface area contributed by atoms with Crippen LogP contribution in [0.1, 0.15) is 32.6 Å². The number of halogens is 6. The lowest BCUT2D eigenvalue weighted by Crippen LogP contribution is -2.10. The number of aliphatic hydroxyl groups excluding tert-OH is 1. The first-order valence-corrected chi connectivity index (χ1v) is 19.8. The first-order valence-electron chi connectivity index (χ1n) is 17.4. The van der Waals surface area contributed by atoms with E-state index in [4.69, 9.17) is 85.6 Å². The summed E-state index contributed by atoms with van der Waals surface area (Å²) in [4.78, 5) is 53.5. The summed E-state index contributed by atoms with van der Waals surface area (Å²) in [6.07, 6.45) is 0. The highest BCUT2D eigenvalue weighted by Crippen LogP contribution is 2.26. The van der Waals surface area contributed by atoms with Crippen molar-refractivity contribution in [2.45, 2.75) is 25.6 Å². The van der Waals surface area contributed by atoms with Crippen molar-refractivity contribution < 1.29 is 34.7 Å². The number of benzene rings is 5. The Bertz CT molecular complexity index is 2330. The van der Waals surface area contributed by atoms with Crippen LogP contribution in [-0.4, -0.2) is 73.9 Å². The van der Waals surface area contributed by atoms with Crippen molar-refractivity contribution in [1.82, 2.24) is 9.80 Å². The molecule has 5 aromatic rings. The topological polar surface area (TPSA) is 263 Å². The van der Waals surface area contributed by atoms with E-state index >= 15 is 0 Å². The maximum Gasteiger partial charge on any atom is 0.337 e. The lowest BCUT2D eigenvalue weighted by atomic mass is 10.2. The molecule has 0 spiro atoms. The minimum absolute atomic E-state index is 0.0196. The Hall–Kier alpha value is -5.41. The highest BCUT2D eigenvalue weighted by molar-refractivity contribution is 6.34. The molecular formula is C39H39Cl6N7O11. The zero-order valence-corrected chi connectivity index (χ0v) is 38.1. The van der Waals surface area contributed by atoms with Gasteiger partial charge in [-0.05, 0) is 86.8 Å². The number of carbonyl (C=O) groups is 1. The summed E-state index contributed by atoms with van der Waals surface area (Å²) in [6.45, 7) is 1.31. The van der Waals surface area contributed by atoms with Crippen molar-refractivity contribution in [3.8, 4) is 0 Å². The van der Waals surface area contributed by atoms with Gasteiger partial charge in [-0.25, -0.2) is 4.79 Å². The van der Waals surface area contributed by atoms with E-state index in [9.17, 15) is 45.3 Å². The highest BCUT2D eigenvalue weighted by Gasteiger charge is 2.14. The van der Waals surface area contributed by atoms with Crippen molar-refractivity contribution in [3.63, 3.8) is 0 Å². The molecule has 0 fully saturated rings. The molecular weight excluding hydrogens is 955 g/mol. The molecule has 0 atom stereocenters. The molecule has 18 nitrogen and oxygen atoms in total.